The first-order valence-corrected chi connectivity index (χ1v) is 4.72. The van der Waals surface area contributed by atoms with Crippen LogP contribution in [-0.2, 0) is 16.1 Å². The molecule has 1 aromatic heterocycles. The summed E-state index contributed by atoms with van der Waals surface area (Å²) in [6, 6.07) is 0. The van der Waals surface area contributed by atoms with Crippen LogP contribution in [0.5, 0.6) is 0 Å². The molecule has 3 N–H and O–H groups in total. The summed E-state index contributed by atoms with van der Waals surface area (Å²) in [6.07, 6.45) is 3.54. The Morgan fingerprint density at radius 2 is 2.53 bits per heavy atom. The Morgan fingerprint density at radius 1 is 1.73 bits per heavy atom. The number of rotatable bonds is 3. The Morgan fingerprint density at radius 3 is 3.07 bits per heavy atom. The topological polar surface area (TPSA) is 92.1 Å². The number of hydrogen-bond acceptors (Lipinski definition) is 3. The van der Waals surface area contributed by atoms with Crippen molar-refractivity contribution in [2.75, 3.05) is 6.54 Å². The van der Waals surface area contributed by atoms with Gasteiger partial charge in [-0.3, -0.25) is 9.59 Å². The molecule has 6 nitrogen and oxygen atoms in total. The predicted octanol–water partition coefficient (Wildman–Crippen LogP) is -0.757. The van der Waals surface area contributed by atoms with Crippen molar-refractivity contribution in [3.63, 3.8) is 0 Å². The van der Waals surface area contributed by atoms with E-state index in [1.807, 2.05) is 0 Å². The lowest BCUT2D eigenvalue weighted by Gasteiger charge is -2.13. The molecule has 6 heteroatoms. The molecule has 0 bridgehead atoms. The zero-order valence-corrected chi connectivity index (χ0v) is 8.14. The molecule has 0 aromatic carbocycles. The van der Waals surface area contributed by atoms with Crippen molar-refractivity contribution in [2.45, 2.75) is 13.0 Å². The minimum atomic E-state index is -0.412. The first-order chi connectivity index (χ1) is 7.16. The number of primary amides is 1. The molecule has 80 valence electrons. The summed E-state index contributed by atoms with van der Waals surface area (Å²) in [5.74, 6) is -0.0959. The summed E-state index contributed by atoms with van der Waals surface area (Å²) in [5.41, 5.74) is 5.15. The Kier molecular flexibility index (Phi) is 2.40. The van der Waals surface area contributed by atoms with Gasteiger partial charge >= 0.3 is 0 Å². The van der Waals surface area contributed by atoms with Crippen molar-refractivity contribution in [3.05, 3.63) is 18.2 Å². The number of imidazole rings is 1. The fraction of sp³-hybridized carbons (Fsp3) is 0.444. The number of nitrogens with one attached hydrogen (secondary N) is 1. The van der Waals surface area contributed by atoms with Crippen molar-refractivity contribution >= 4 is 11.8 Å². The van der Waals surface area contributed by atoms with Gasteiger partial charge in [0.05, 0.1) is 12.5 Å². The Labute approximate surface area is 86.5 Å². The third kappa shape index (κ3) is 1.98. The van der Waals surface area contributed by atoms with E-state index in [1.165, 1.54) is 0 Å². The number of amides is 2. The first kappa shape index (κ1) is 9.70. The molecule has 2 heterocycles. The lowest BCUT2D eigenvalue weighted by molar-refractivity contribution is -0.128. The third-order valence-electron chi connectivity index (χ3n) is 2.51. The molecule has 0 aliphatic carbocycles. The molecule has 1 aromatic rings. The van der Waals surface area contributed by atoms with E-state index in [2.05, 4.69) is 9.97 Å². The summed E-state index contributed by atoms with van der Waals surface area (Å²) in [4.78, 5) is 30.9. The normalized spacial score (nSPS) is 20.9. The van der Waals surface area contributed by atoms with E-state index in [-0.39, 0.29) is 18.2 Å². The highest BCUT2D eigenvalue weighted by Crippen LogP contribution is 2.18. The van der Waals surface area contributed by atoms with Crippen molar-refractivity contribution in [1.29, 1.82) is 0 Å². The molecular weight excluding hydrogens is 196 g/mol. The maximum absolute atomic E-state index is 11.5. The second-order valence-electron chi connectivity index (χ2n) is 3.61. The van der Waals surface area contributed by atoms with Crippen molar-refractivity contribution in [1.82, 2.24) is 14.9 Å². The molecule has 0 radical (unpaired) electrons. The molecule has 1 aliphatic rings. The van der Waals surface area contributed by atoms with E-state index >= 15 is 0 Å². The minimum Gasteiger partial charge on any atom is -0.369 e. The molecule has 1 fully saturated rings. The number of carbonyl (C=O) groups excluding carboxylic acids is 2. The van der Waals surface area contributed by atoms with Crippen molar-refractivity contribution < 1.29 is 9.59 Å². The lowest BCUT2D eigenvalue weighted by atomic mass is 10.1. The largest absolute Gasteiger partial charge is 0.369 e. The average Bonchev–Trinajstić information content (AvgIpc) is 2.77. The number of H-pyrrole nitrogens is 1. The molecule has 1 unspecified atom stereocenters. The van der Waals surface area contributed by atoms with E-state index in [0.29, 0.717) is 18.9 Å². The van der Waals surface area contributed by atoms with Crippen LogP contribution in [0.1, 0.15) is 12.2 Å². The highest BCUT2D eigenvalue weighted by atomic mass is 16.2. The minimum absolute atomic E-state index is 0.0461. The van der Waals surface area contributed by atoms with Gasteiger partial charge in [-0.25, -0.2) is 4.98 Å². The van der Waals surface area contributed by atoms with Gasteiger partial charge in [-0.15, -0.1) is 0 Å². The molecule has 1 atom stereocenters. The van der Waals surface area contributed by atoms with Crippen LogP contribution in [0.4, 0.5) is 0 Å². The van der Waals surface area contributed by atoms with Crippen LogP contribution in [0.3, 0.4) is 0 Å². The fourth-order valence-corrected chi connectivity index (χ4v) is 1.68. The molecule has 0 saturated carbocycles. The number of aromatic nitrogens is 2. The summed E-state index contributed by atoms with van der Waals surface area (Å²) in [7, 11) is 0. The van der Waals surface area contributed by atoms with Crippen LogP contribution >= 0.6 is 0 Å². The van der Waals surface area contributed by atoms with Gasteiger partial charge in [-0.05, 0) is 0 Å². The molecule has 1 aliphatic heterocycles. The second kappa shape index (κ2) is 3.72. The van der Waals surface area contributed by atoms with Crippen molar-refractivity contribution in [3.8, 4) is 0 Å². The molecule has 2 rings (SSSR count). The number of carbonyl (C=O) groups is 2. The Hall–Kier alpha value is -1.85. The van der Waals surface area contributed by atoms with Crippen LogP contribution in [0.15, 0.2) is 12.4 Å². The quantitative estimate of drug-likeness (QED) is 0.684. The molecular formula is C9H12N4O2. The third-order valence-corrected chi connectivity index (χ3v) is 2.51. The number of hydrogen-bond donors (Lipinski definition) is 2. The molecule has 1 saturated heterocycles. The monoisotopic (exact) mass is 208 g/mol. The van der Waals surface area contributed by atoms with E-state index in [0.717, 1.165) is 0 Å². The van der Waals surface area contributed by atoms with Gasteiger partial charge in [0, 0.05) is 25.4 Å². The standard InChI is InChI=1S/C9H12N4O2/c10-9(15)6-3-8(14)13(4-6)5-7-11-1-2-12-7/h1-2,6H,3-5H2,(H2,10,15)(H,11,12). The zero-order valence-electron chi connectivity index (χ0n) is 8.14. The number of likely N-dealkylation sites (tertiary alicyclic amines) is 1. The highest BCUT2D eigenvalue weighted by Gasteiger charge is 2.33. The van der Waals surface area contributed by atoms with Crippen LogP contribution in [0.2, 0.25) is 0 Å². The van der Waals surface area contributed by atoms with Crippen LogP contribution in [0.25, 0.3) is 0 Å². The van der Waals surface area contributed by atoms with Crippen molar-refractivity contribution in [2.24, 2.45) is 11.7 Å². The molecule has 15 heavy (non-hydrogen) atoms. The number of nitrogens with two attached hydrogens (primary N) is 1. The van der Waals surface area contributed by atoms with Crippen LogP contribution < -0.4 is 5.73 Å². The van der Waals surface area contributed by atoms with Gasteiger partial charge in [-0.1, -0.05) is 0 Å². The first-order valence-electron chi connectivity index (χ1n) is 4.72. The Balaban J connectivity index is 2.00. The molecule has 0 spiro atoms. The SMILES string of the molecule is NC(=O)C1CC(=O)N(Cc2ncc[nH]2)C1. The van der Waals surface area contributed by atoms with Gasteiger partial charge < -0.3 is 15.6 Å². The molecule has 2 amide bonds. The van der Waals surface area contributed by atoms with Gasteiger partial charge in [0.2, 0.25) is 11.8 Å². The van der Waals surface area contributed by atoms with Gasteiger partial charge in [0.15, 0.2) is 0 Å². The van der Waals surface area contributed by atoms with Crippen LogP contribution in [0, 0.1) is 5.92 Å². The van der Waals surface area contributed by atoms with Crippen LogP contribution in [-0.4, -0.2) is 33.2 Å². The van der Waals surface area contributed by atoms with E-state index < -0.39 is 5.91 Å². The lowest BCUT2D eigenvalue weighted by Crippen LogP contribution is -2.28. The number of aromatic amines is 1. The maximum Gasteiger partial charge on any atom is 0.223 e. The smallest absolute Gasteiger partial charge is 0.223 e. The highest BCUT2D eigenvalue weighted by molar-refractivity contribution is 5.88. The Bertz CT molecular complexity index is 373. The van der Waals surface area contributed by atoms with Gasteiger partial charge in [0.25, 0.3) is 0 Å². The maximum atomic E-state index is 11.5. The van der Waals surface area contributed by atoms with E-state index in [9.17, 15) is 9.59 Å². The van der Waals surface area contributed by atoms with E-state index in [1.54, 1.807) is 17.3 Å². The average molecular weight is 208 g/mol. The van der Waals surface area contributed by atoms with Gasteiger partial charge in [0.1, 0.15) is 5.82 Å². The summed E-state index contributed by atoms with van der Waals surface area (Å²) >= 11 is 0. The fourth-order valence-electron chi connectivity index (χ4n) is 1.68. The second-order valence-corrected chi connectivity index (χ2v) is 3.61. The van der Waals surface area contributed by atoms with Gasteiger partial charge in [-0.2, -0.15) is 0 Å². The summed E-state index contributed by atoms with van der Waals surface area (Å²) in [6.45, 7) is 0.810. The zero-order chi connectivity index (χ0) is 10.8. The predicted molar refractivity (Wildman–Crippen MR) is 51.3 cm³/mol. The number of nitrogens with zero attached hydrogens (tertiary/aromatic N) is 2. The summed E-state index contributed by atoms with van der Waals surface area (Å²) in [5, 5.41) is 0. The van der Waals surface area contributed by atoms with E-state index in [4.69, 9.17) is 5.73 Å². The summed E-state index contributed by atoms with van der Waals surface area (Å²) < 4.78 is 0.